The molecule has 2 aromatic carbocycles. The number of pyridine rings is 1. The van der Waals surface area contributed by atoms with E-state index >= 15 is 0 Å². The summed E-state index contributed by atoms with van der Waals surface area (Å²) in [6.07, 6.45) is 15.2. The number of nitrogens with one attached hydrogen (secondary N) is 3. The van der Waals surface area contributed by atoms with Gasteiger partial charge in [-0.2, -0.15) is 0 Å². The number of amides is 1. The SMILES string of the molecule is C=N[C@H]1CC[C@H](Nc2ccc(S(=O)(=O)NC(=O)c3ccc(N4CCN(CC5=C(C67CC(C)(C6)C7)CC(C)(C)CC5)CC4)cc3Oc3cnc4[nH]ccc4c3)cc2C)CC1. The van der Waals surface area contributed by atoms with Crippen molar-refractivity contribution >= 4 is 45.1 Å². The number of benzene rings is 2. The van der Waals surface area contributed by atoms with Crippen LogP contribution in [0.1, 0.15) is 101 Å². The maximum Gasteiger partial charge on any atom is 0.268 e. The normalized spacial score (nSPS) is 26.8. The van der Waals surface area contributed by atoms with Crippen molar-refractivity contribution < 1.29 is 17.9 Å². The summed E-state index contributed by atoms with van der Waals surface area (Å²) in [6, 6.07) is 14.7. The second-order valence-corrected chi connectivity index (χ2v) is 21.1. The predicted octanol–water partition coefficient (Wildman–Crippen LogP) is 9.02. The molecule has 11 nitrogen and oxygen atoms in total. The number of ether oxygens (including phenoxy) is 1. The maximum absolute atomic E-state index is 13.9. The maximum atomic E-state index is 13.9. The largest absolute Gasteiger partial charge is 0.455 e. The first-order valence-corrected chi connectivity index (χ1v) is 23.0. The zero-order valence-electron chi connectivity index (χ0n) is 35.1. The van der Waals surface area contributed by atoms with Crippen LogP contribution >= 0.6 is 0 Å². The highest BCUT2D eigenvalue weighted by Gasteiger charge is 2.66. The average molecular weight is 818 g/mol. The van der Waals surface area contributed by atoms with Crippen LogP contribution in [-0.4, -0.2) is 80.7 Å². The minimum absolute atomic E-state index is 0.0193. The number of aliphatic imine (C=N–C) groups is 1. The molecule has 0 unspecified atom stereocenters. The Hall–Kier alpha value is -4.68. The molecule has 0 radical (unpaired) electrons. The summed E-state index contributed by atoms with van der Waals surface area (Å²) in [5.41, 5.74) is 8.39. The number of aromatic amines is 1. The number of aromatic nitrogens is 2. The quantitative estimate of drug-likeness (QED) is 0.0954. The fraction of sp³-hybridized carbons (Fsp3) is 0.511. The fourth-order valence-corrected chi connectivity index (χ4v) is 12.1. The van der Waals surface area contributed by atoms with Gasteiger partial charge in [0.15, 0.2) is 0 Å². The van der Waals surface area contributed by atoms with Gasteiger partial charge in [0, 0.05) is 73.8 Å². The van der Waals surface area contributed by atoms with Crippen molar-refractivity contribution in [3.05, 3.63) is 83.2 Å². The number of piperazine rings is 1. The van der Waals surface area contributed by atoms with Crippen molar-refractivity contribution in [2.75, 3.05) is 42.9 Å². The number of hydrogen-bond acceptors (Lipinski definition) is 9. The van der Waals surface area contributed by atoms with Gasteiger partial charge in [0.1, 0.15) is 17.1 Å². The molecule has 3 N–H and O–H groups in total. The zero-order chi connectivity index (χ0) is 41.2. The van der Waals surface area contributed by atoms with Crippen molar-refractivity contribution in [1.29, 1.82) is 0 Å². The first kappa shape index (κ1) is 39.8. The van der Waals surface area contributed by atoms with Crippen LogP contribution in [0.15, 0.2) is 82.0 Å². The summed E-state index contributed by atoms with van der Waals surface area (Å²) in [5.74, 6) is -0.0587. The van der Waals surface area contributed by atoms with Crippen LogP contribution in [-0.2, 0) is 10.0 Å². The van der Waals surface area contributed by atoms with Crippen LogP contribution in [0.5, 0.6) is 11.5 Å². The molecule has 4 aromatic rings. The molecular weight excluding hydrogens is 759 g/mol. The van der Waals surface area contributed by atoms with Crippen LogP contribution in [0.4, 0.5) is 11.4 Å². The summed E-state index contributed by atoms with van der Waals surface area (Å²) in [6.45, 7) is 17.5. The second kappa shape index (κ2) is 15.1. The van der Waals surface area contributed by atoms with Gasteiger partial charge in [-0.25, -0.2) is 18.1 Å². The van der Waals surface area contributed by atoms with Gasteiger partial charge in [-0.3, -0.25) is 14.7 Å². The summed E-state index contributed by atoms with van der Waals surface area (Å²) < 4.78 is 36.2. The van der Waals surface area contributed by atoms with E-state index in [1.165, 1.54) is 38.5 Å². The number of aryl methyl sites for hydroxylation is 1. The van der Waals surface area contributed by atoms with Gasteiger partial charge in [-0.1, -0.05) is 31.9 Å². The lowest BCUT2D eigenvalue weighted by molar-refractivity contribution is -0.167. The van der Waals surface area contributed by atoms with E-state index in [0.717, 1.165) is 86.4 Å². The number of carbonyl (C=O) groups excluding carboxylic acids is 1. The van der Waals surface area contributed by atoms with Gasteiger partial charge in [0.25, 0.3) is 15.9 Å². The zero-order valence-corrected chi connectivity index (χ0v) is 35.9. The Labute approximate surface area is 349 Å². The number of anilines is 2. The Kier molecular flexibility index (Phi) is 10.2. The monoisotopic (exact) mass is 817 g/mol. The van der Waals surface area contributed by atoms with E-state index in [1.54, 1.807) is 41.6 Å². The van der Waals surface area contributed by atoms with Gasteiger partial charge in [0.05, 0.1) is 16.7 Å². The van der Waals surface area contributed by atoms with Crippen LogP contribution in [0.3, 0.4) is 0 Å². The molecule has 0 atom stereocenters. The minimum Gasteiger partial charge on any atom is -0.455 e. The first-order valence-electron chi connectivity index (χ1n) is 21.5. The number of nitrogens with zero attached hydrogens (tertiary/aromatic N) is 4. The van der Waals surface area contributed by atoms with Crippen molar-refractivity contribution in [3.8, 4) is 11.5 Å². The molecule has 3 heterocycles. The molecule has 12 heteroatoms. The Morgan fingerprint density at radius 1 is 1.00 bits per heavy atom. The van der Waals surface area contributed by atoms with Gasteiger partial charge in [0.2, 0.25) is 0 Å². The smallest absolute Gasteiger partial charge is 0.268 e. The van der Waals surface area contributed by atoms with Crippen LogP contribution in [0.25, 0.3) is 11.0 Å². The second-order valence-electron chi connectivity index (χ2n) is 19.4. The van der Waals surface area contributed by atoms with E-state index in [4.69, 9.17) is 4.74 Å². The van der Waals surface area contributed by atoms with Crippen molar-refractivity contribution in [1.82, 2.24) is 19.6 Å². The number of hydrogen-bond donors (Lipinski definition) is 3. The number of sulfonamides is 1. The lowest BCUT2D eigenvalue weighted by Gasteiger charge is -2.72. The molecule has 1 saturated heterocycles. The first-order chi connectivity index (χ1) is 28.2. The Balaban J connectivity index is 0.907. The molecule has 4 saturated carbocycles. The van der Waals surface area contributed by atoms with Gasteiger partial charge in [-0.15, -0.1) is 0 Å². The third-order valence-electron chi connectivity index (χ3n) is 14.1. The van der Waals surface area contributed by atoms with E-state index in [-0.39, 0.29) is 16.2 Å². The molecule has 2 aromatic heterocycles. The van der Waals surface area contributed by atoms with Crippen molar-refractivity contribution in [2.45, 2.75) is 109 Å². The topological polar surface area (TPSA) is 132 Å². The Morgan fingerprint density at radius 3 is 2.47 bits per heavy atom. The molecule has 312 valence electrons. The lowest BCUT2D eigenvalue weighted by atomic mass is 9.33. The summed E-state index contributed by atoms with van der Waals surface area (Å²) in [7, 11) is -4.21. The molecule has 0 spiro atoms. The third-order valence-corrected chi connectivity index (χ3v) is 15.5. The van der Waals surface area contributed by atoms with E-state index in [9.17, 15) is 13.2 Å². The number of carbonyl (C=O) groups is 1. The van der Waals surface area contributed by atoms with Crippen LogP contribution < -0.4 is 19.7 Å². The summed E-state index contributed by atoms with van der Waals surface area (Å²) >= 11 is 0. The molecule has 5 fully saturated rings. The van der Waals surface area contributed by atoms with E-state index in [2.05, 4.69) is 62.3 Å². The molecule has 1 aliphatic heterocycles. The lowest BCUT2D eigenvalue weighted by Crippen LogP contribution is -2.61. The van der Waals surface area contributed by atoms with Gasteiger partial charge in [-0.05, 0) is 142 Å². The van der Waals surface area contributed by atoms with Gasteiger partial charge >= 0.3 is 0 Å². The molecule has 6 aliphatic rings. The van der Waals surface area contributed by atoms with Crippen molar-refractivity contribution in [3.63, 3.8) is 0 Å². The highest BCUT2D eigenvalue weighted by molar-refractivity contribution is 7.90. The number of allylic oxidation sites excluding steroid dienone is 1. The third kappa shape index (κ3) is 8.02. The average Bonchev–Trinajstić information content (AvgIpc) is 3.66. The van der Waals surface area contributed by atoms with E-state index in [1.807, 2.05) is 37.4 Å². The van der Waals surface area contributed by atoms with Crippen LogP contribution in [0.2, 0.25) is 0 Å². The highest BCUT2D eigenvalue weighted by atomic mass is 32.2. The number of fused-ring (bicyclic) bond motifs is 1. The Morgan fingerprint density at radius 2 is 1.76 bits per heavy atom. The molecule has 5 aliphatic carbocycles. The standard InChI is InChI=1S/C47H59N7O4S/c1-31-22-38(11-13-41(31)51-35-8-6-34(48-5)7-9-35)59(56,57)52-44(55)39-12-10-36(24-42(39)58-37-23-32-15-17-49-43(32)50-26-37)54-20-18-53(19-21-54)27-33-14-16-45(2,3)25-40(33)47-28-46(4,29-47)30-47/h10-13,15,17,22-24,26,34-35,51H,5-9,14,16,18-21,25,27-30H2,1-4H3,(H,49,50)(H,52,55)/t34-,35-,46?,47?. The van der Waals surface area contributed by atoms with E-state index < -0.39 is 15.9 Å². The predicted molar refractivity (Wildman–Crippen MR) is 235 cm³/mol. The highest BCUT2D eigenvalue weighted by Crippen LogP contribution is 2.77. The molecule has 59 heavy (non-hydrogen) atoms. The summed E-state index contributed by atoms with van der Waals surface area (Å²) in [4.78, 5) is 30.7. The van der Waals surface area contributed by atoms with Crippen LogP contribution in [0, 0.1) is 23.2 Å². The van der Waals surface area contributed by atoms with E-state index in [0.29, 0.717) is 34.1 Å². The molecule has 1 amide bonds. The number of rotatable bonds is 12. The summed E-state index contributed by atoms with van der Waals surface area (Å²) in [5, 5.41) is 4.43. The fourth-order valence-electron chi connectivity index (χ4n) is 11.0. The molecular formula is C47H59N7O4S. The minimum atomic E-state index is -4.21. The Bertz CT molecular complexity index is 2400. The van der Waals surface area contributed by atoms with Gasteiger partial charge < -0.3 is 19.9 Å². The number of H-pyrrole nitrogens is 1. The van der Waals surface area contributed by atoms with Crippen molar-refractivity contribution in [2.24, 2.45) is 21.2 Å². The molecule has 10 rings (SSSR count). The molecule has 2 bridgehead atoms.